The summed E-state index contributed by atoms with van der Waals surface area (Å²) in [5.41, 5.74) is 6.56. The fourth-order valence-electron chi connectivity index (χ4n) is 1.35. The van der Waals surface area contributed by atoms with Gasteiger partial charge >= 0.3 is 0 Å². The minimum atomic E-state index is -2.90. The first-order chi connectivity index (χ1) is 7.43. The van der Waals surface area contributed by atoms with Crippen LogP contribution in [0.5, 0.6) is 0 Å². The van der Waals surface area contributed by atoms with E-state index in [1.54, 1.807) is 17.8 Å². The smallest absolute Gasteiger partial charge is 0.151 e. The average molecular weight is 245 g/mol. The highest BCUT2D eigenvalue weighted by Crippen LogP contribution is 2.01. The molecule has 1 atom stereocenters. The number of hydrogen-bond acceptors (Lipinski definition) is 4. The molecule has 0 aromatic carbocycles. The lowest BCUT2D eigenvalue weighted by Gasteiger charge is -2.02. The molecule has 0 bridgehead atoms. The Morgan fingerprint density at radius 2 is 2.25 bits per heavy atom. The average Bonchev–Trinajstić information content (AvgIpc) is 2.62. The number of rotatable bonds is 6. The van der Waals surface area contributed by atoms with Crippen molar-refractivity contribution < 1.29 is 8.42 Å². The molecular weight excluding hydrogens is 226 g/mol. The van der Waals surface area contributed by atoms with Crippen molar-refractivity contribution in [3.8, 4) is 0 Å². The summed E-state index contributed by atoms with van der Waals surface area (Å²) < 4.78 is 24.4. The molecule has 0 amide bonds. The van der Waals surface area contributed by atoms with E-state index in [2.05, 4.69) is 4.98 Å². The maximum Gasteiger partial charge on any atom is 0.151 e. The number of imidazole rings is 1. The van der Waals surface area contributed by atoms with Crippen molar-refractivity contribution in [1.82, 2.24) is 9.55 Å². The lowest BCUT2D eigenvalue weighted by Crippen LogP contribution is -2.18. The third kappa shape index (κ3) is 4.32. The maximum atomic E-state index is 11.3. The molecule has 1 aromatic heterocycles. The first-order valence-electron chi connectivity index (χ1n) is 5.39. The zero-order valence-electron chi connectivity index (χ0n) is 9.76. The molecule has 16 heavy (non-hydrogen) atoms. The van der Waals surface area contributed by atoms with E-state index < -0.39 is 9.84 Å². The van der Waals surface area contributed by atoms with Crippen LogP contribution in [0.25, 0.3) is 0 Å². The van der Waals surface area contributed by atoms with Gasteiger partial charge in [0.2, 0.25) is 0 Å². The van der Waals surface area contributed by atoms with Crippen molar-refractivity contribution in [2.45, 2.75) is 32.9 Å². The van der Waals surface area contributed by atoms with Crippen LogP contribution in [0.4, 0.5) is 0 Å². The Labute approximate surface area is 96.6 Å². The summed E-state index contributed by atoms with van der Waals surface area (Å²) in [7, 11) is -2.90. The van der Waals surface area contributed by atoms with Crippen LogP contribution in [0.3, 0.4) is 0 Å². The van der Waals surface area contributed by atoms with Crippen molar-refractivity contribution in [3.63, 3.8) is 0 Å². The van der Waals surface area contributed by atoms with E-state index in [9.17, 15) is 8.42 Å². The molecule has 0 spiro atoms. The quantitative estimate of drug-likeness (QED) is 0.777. The molecule has 0 radical (unpaired) electrons. The van der Waals surface area contributed by atoms with Crippen molar-refractivity contribution in [3.05, 3.63) is 18.2 Å². The monoisotopic (exact) mass is 245 g/mol. The molecular formula is C10H19N3O2S. The summed E-state index contributed by atoms with van der Waals surface area (Å²) in [6, 6.07) is 0.0720. The van der Waals surface area contributed by atoms with Crippen LogP contribution in [0, 0.1) is 0 Å². The normalized spacial score (nSPS) is 13.9. The zero-order valence-corrected chi connectivity index (χ0v) is 10.6. The third-order valence-electron chi connectivity index (χ3n) is 2.32. The second kappa shape index (κ2) is 5.45. The van der Waals surface area contributed by atoms with Crippen LogP contribution in [0.15, 0.2) is 12.5 Å². The van der Waals surface area contributed by atoms with Crippen LogP contribution < -0.4 is 5.73 Å². The highest BCUT2D eigenvalue weighted by Gasteiger charge is 2.08. The van der Waals surface area contributed by atoms with Gasteiger partial charge in [0, 0.05) is 31.0 Å². The summed E-state index contributed by atoms with van der Waals surface area (Å²) >= 11 is 0. The fraction of sp³-hybridized carbons (Fsp3) is 0.700. The van der Waals surface area contributed by atoms with Crippen LogP contribution in [-0.2, 0) is 22.8 Å². The fourth-order valence-corrected chi connectivity index (χ4v) is 2.13. The Balaban J connectivity index is 2.53. The van der Waals surface area contributed by atoms with Crippen LogP contribution in [0.1, 0.15) is 19.5 Å². The molecule has 1 rings (SSSR count). The first kappa shape index (κ1) is 13.2. The standard InChI is InChI=1S/C10H19N3O2S/c1-3-16(14,15)5-4-13-7-10(12-8-13)6-9(2)11/h7-9H,3-6,11H2,1-2H3. The minimum Gasteiger partial charge on any atom is -0.336 e. The predicted octanol–water partition coefficient (Wildman–Crippen LogP) is 0.208. The molecule has 0 aliphatic heterocycles. The molecule has 5 nitrogen and oxygen atoms in total. The summed E-state index contributed by atoms with van der Waals surface area (Å²) in [5.74, 6) is 0.353. The maximum absolute atomic E-state index is 11.3. The van der Waals surface area contributed by atoms with Gasteiger partial charge in [0.1, 0.15) is 0 Å². The SMILES string of the molecule is CCS(=O)(=O)CCn1cnc(CC(C)N)c1. The van der Waals surface area contributed by atoms with E-state index in [1.165, 1.54) is 0 Å². The predicted molar refractivity (Wildman–Crippen MR) is 63.9 cm³/mol. The molecule has 92 valence electrons. The van der Waals surface area contributed by atoms with E-state index in [0.717, 1.165) is 5.69 Å². The van der Waals surface area contributed by atoms with Crippen molar-refractivity contribution in [2.24, 2.45) is 5.73 Å². The first-order valence-corrected chi connectivity index (χ1v) is 7.21. The van der Waals surface area contributed by atoms with Crippen LogP contribution in [0.2, 0.25) is 0 Å². The van der Waals surface area contributed by atoms with Crippen molar-refractivity contribution >= 4 is 9.84 Å². The van der Waals surface area contributed by atoms with Gasteiger partial charge in [-0.3, -0.25) is 0 Å². The lowest BCUT2D eigenvalue weighted by molar-refractivity contribution is 0.590. The highest BCUT2D eigenvalue weighted by atomic mass is 32.2. The summed E-state index contributed by atoms with van der Waals surface area (Å²) in [6.45, 7) is 4.04. The zero-order chi connectivity index (χ0) is 12.2. The summed E-state index contributed by atoms with van der Waals surface area (Å²) in [4.78, 5) is 4.17. The van der Waals surface area contributed by atoms with Gasteiger partial charge in [0.15, 0.2) is 9.84 Å². The van der Waals surface area contributed by atoms with Gasteiger partial charge in [-0.2, -0.15) is 0 Å². The molecule has 0 saturated carbocycles. The van der Waals surface area contributed by atoms with Crippen molar-refractivity contribution in [2.75, 3.05) is 11.5 Å². The number of nitrogens with two attached hydrogens (primary N) is 1. The Morgan fingerprint density at radius 3 is 2.81 bits per heavy atom. The molecule has 0 fully saturated rings. The second-order valence-electron chi connectivity index (χ2n) is 4.02. The highest BCUT2D eigenvalue weighted by molar-refractivity contribution is 7.91. The molecule has 1 unspecified atom stereocenters. The van der Waals surface area contributed by atoms with E-state index in [-0.39, 0.29) is 17.5 Å². The number of sulfone groups is 1. The molecule has 6 heteroatoms. The Bertz CT molecular complexity index is 423. The van der Waals surface area contributed by atoms with E-state index in [4.69, 9.17) is 5.73 Å². The summed E-state index contributed by atoms with van der Waals surface area (Å²) in [6.07, 6.45) is 4.23. The lowest BCUT2D eigenvalue weighted by atomic mass is 10.2. The molecule has 0 saturated heterocycles. The minimum absolute atomic E-state index is 0.0720. The van der Waals surface area contributed by atoms with Gasteiger partial charge < -0.3 is 10.3 Å². The van der Waals surface area contributed by atoms with Gasteiger partial charge in [-0.1, -0.05) is 6.92 Å². The Kier molecular flexibility index (Phi) is 4.49. The molecule has 1 heterocycles. The summed E-state index contributed by atoms with van der Waals surface area (Å²) in [5, 5.41) is 0. The molecule has 2 N–H and O–H groups in total. The Morgan fingerprint density at radius 1 is 1.56 bits per heavy atom. The molecule has 1 aromatic rings. The van der Waals surface area contributed by atoms with Gasteiger partial charge in [-0.25, -0.2) is 13.4 Å². The van der Waals surface area contributed by atoms with Gasteiger partial charge in [0.25, 0.3) is 0 Å². The van der Waals surface area contributed by atoms with E-state index in [1.807, 2.05) is 13.1 Å². The van der Waals surface area contributed by atoms with Gasteiger partial charge in [-0.15, -0.1) is 0 Å². The number of aryl methyl sites for hydroxylation is 1. The largest absolute Gasteiger partial charge is 0.336 e. The number of hydrogen-bond donors (Lipinski definition) is 1. The topological polar surface area (TPSA) is 78.0 Å². The van der Waals surface area contributed by atoms with Gasteiger partial charge in [-0.05, 0) is 6.92 Å². The van der Waals surface area contributed by atoms with Crippen LogP contribution in [-0.4, -0.2) is 35.5 Å². The van der Waals surface area contributed by atoms with Gasteiger partial charge in [0.05, 0.1) is 17.8 Å². The van der Waals surface area contributed by atoms with Crippen molar-refractivity contribution in [1.29, 1.82) is 0 Å². The third-order valence-corrected chi connectivity index (χ3v) is 4.00. The Hall–Kier alpha value is -0.880. The number of nitrogens with zero attached hydrogens (tertiary/aromatic N) is 2. The molecule has 0 aliphatic carbocycles. The molecule has 0 aliphatic rings. The second-order valence-corrected chi connectivity index (χ2v) is 6.49. The van der Waals surface area contributed by atoms with Crippen LogP contribution >= 0.6 is 0 Å². The number of aromatic nitrogens is 2. The van der Waals surface area contributed by atoms with E-state index in [0.29, 0.717) is 13.0 Å². The van der Waals surface area contributed by atoms with E-state index >= 15 is 0 Å².